The number of aliphatic hydroxyl groups is 4. The van der Waals surface area contributed by atoms with Gasteiger partial charge in [-0.2, -0.15) is 0 Å². The minimum Gasteiger partial charge on any atom is -0.462 e. The molecule has 6 atom stereocenters. The SMILES string of the molecule is N=C(N)c1cccc(NC(C(=O)NCC(=O)N2CCN(c3ccc(F)cc3F)CC2)c2ccccc2OC2OC(CO)C(O)C(O)C2O)c1. The van der Waals surface area contributed by atoms with E-state index in [1.54, 1.807) is 47.4 Å². The Morgan fingerprint density at radius 1 is 0.980 bits per heavy atom. The summed E-state index contributed by atoms with van der Waals surface area (Å²) in [7, 11) is 0. The topological polar surface area (TPSA) is 214 Å². The summed E-state index contributed by atoms with van der Waals surface area (Å²) in [6, 6.07) is 14.8. The first-order valence-corrected chi connectivity index (χ1v) is 15.5. The van der Waals surface area contributed by atoms with Crippen molar-refractivity contribution in [3.8, 4) is 5.75 Å². The highest BCUT2D eigenvalue weighted by molar-refractivity contribution is 5.96. The number of para-hydroxylation sites is 1. The van der Waals surface area contributed by atoms with Crippen LogP contribution in [0.25, 0.3) is 0 Å². The predicted octanol–water partition coefficient (Wildman–Crippen LogP) is 0.0458. The van der Waals surface area contributed by atoms with Crippen LogP contribution in [0.2, 0.25) is 0 Å². The molecule has 49 heavy (non-hydrogen) atoms. The van der Waals surface area contributed by atoms with E-state index in [0.29, 0.717) is 24.3 Å². The number of nitrogens with one attached hydrogen (secondary N) is 3. The lowest BCUT2D eigenvalue weighted by molar-refractivity contribution is -0.277. The number of amidine groups is 1. The fourth-order valence-electron chi connectivity index (χ4n) is 5.65. The fraction of sp³-hybridized carbons (Fsp3) is 0.364. The molecule has 3 aromatic carbocycles. The highest BCUT2D eigenvalue weighted by Gasteiger charge is 2.45. The van der Waals surface area contributed by atoms with Crippen molar-refractivity contribution in [2.24, 2.45) is 5.73 Å². The standard InChI is InChI=1S/C33H38F2N6O8/c34-19-8-9-23(22(35)15-19)40-10-12-41(13-11-40)26(43)16-38-32(47)27(39-20-5-3-4-18(14-20)31(36)37)21-6-1-2-7-24(21)48-33-30(46)29(45)28(44)25(17-42)49-33/h1-9,14-15,25,27-30,33,39,42,44-46H,10-13,16-17H2,(H3,36,37)(H,38,47). The van der Waals surface area contributed by atoms with Crippen molar-refractivity contribution in [3.05, 3.63) is 89.5 Å². The predicted molar refractivity (Wildman–Crippen MR) is 173 cm³/mol. The first-order chi connectivity index (χ1) is 23.5. The summed E-state index contributed by atoms with van der Waals surface area (Å²) in [6.07, 6.45) is -7.78. The molecule has 2 heterocycles. The number of anilines is 2. The Bertz CT molecular complexity index is 1660. The molecule has 14 nitrogen and oxygen atoms in total. The molecule has 0 bridgehead atoms. The second-order valence-corrected chi connectivity index (χ2v) is 11.6. The third kappa shape index (κ3) is 8.23. The Labute approximate surface area is 280 Å². The number of carbonyl (C=O) groups is 2. The van der Waals surface area contributed by atoms with E-state index in [-0.39, 0.29) is 42.5 Å². The molecule has 0 aliphatic carbocycles. The number of hydrogen-bond donors (Lipinski definition) is 8. The number of rotatable bonds is 11. The molecule has 0 aromatic heterocycles. The molecule has 2 aliphatic rings. The van der Waals surface area contributed by atoms with Gasteiger partial charge in [-0.3, -0.25) is 15.0 Å². The molecule has 262 valence electrons. The van der Waals surface area contributed by atoms with Crippen LogP contribution < -0.4 is 26.0 Å². The highest BCUT2D eigenvalue weighted by Crippen LogP contribution is 2.32. The van der Waals surface area contributed by atoms with Gasteiger partial charge >= 0.3 is 0 Å². The summed E-state index contributed by atoms with van der Waals surface area (Å²) in [6.45, 7) is 0.00758. The van der Waals surface area contributed by atoms with Crippen LogP contribution in [0.1, 0.15) is 17.2 Å². The lowest BCUT2D eigenvalue weighted by atomic mass is 9.99. The lowest BCUT2D eigenvalue weighted by Crippen LogP contribution is -2.60. The molecule has 16 heteroatoms. The van der Waals surface area contributed by atoms with Gasteiger partial charge in [0.15, 0.2) is 0 Å². The summed E-state index contributed by atoms with van der Waals surface area (Å²) in [5.74, 6) is -2.60. The molecule has 3 aromatic rings. The quantitative estimate of drug-likeness (QED) is 0.0998. The maximum Gasteiger partial charge on any atom is 0.247 e. The van der Waals surface area contributed by atoms with Gasteiger partial charge < -0.3 is 56.1 Å². The largest absolute Gasteiger partial charge is 0.462 e. The first kappa shape index (κ1) is 35.4. The molecule has 6 unspecified atom stereocenters. The molecule has 0 spiro atoms. The number of amides is 2. The van der Waals surface area contributed by atoms with Crippen molar-refractivity contribution in [1.29, 1.82) is 5.41 Å². The van der Waals surface area contributed by atoms with E-state index >= 15 is 0 Å². The number of carbonyl (C=O) groups excluding carboxylic acids is 2. The van der Waals surface area contributed by atoms with Gasteiger partial charge in [-0.05, 0) is 30.3 Å². The molecule has 9 N–H and O–H groups in total. The van der Waals surface area contributed by atoms with Crippen molar-refractivity contribution in [3.63, 3.8) is 0 Å². The Hall–Kier alpha value is -4.87. The molecule has 2 saturated heterocycles. The van der Waals surface area contributed by atoms with Gasteiger partial charge in [0.25, 0.3) is 0 Å². The van der Waals surface area contributed by atoms with Crippen molar-refractivity contribution in [2.75, 3.05) is 49.5 Å². The molecule has 2 amide bonds. The van der Waals surface area contributed by atoms with Crippen LogP contribution in [0.3, 0.4) is 0 Å². The summed E-state index contributed by atoms with van der Waals surface area (Å²) < 4.78 is 39.1. The van der Waals surface area contributed by atoms with Gasteiger partial charge in [-0.15, -0.1) is 0 Å². The number of piperazine rings is 1. The van der Waals surface area contributed by atoms with Crippen LogP contribution in [0.4, 0.5) is 20.2 Å². The average molecular weight is 685 g/mol. The summed E-state index contributed by atoms with van der Waals surface area (Å²) in [5.41, 5.74) is 6.89. The molecular weight excluding hydrogens is 646 g/mol. The van der Waals surface area contributed by atoms with Crippen LogP contribution >= 0.6 is 0 Å². The molecule has 5 rings (SSSR count). The molecule has 0 radical (unpaired) electrons. The zero-order chi connectivity index (χ0) is 35.2. The second-order valence-electron chi connectivity index (χ2n) is 11.6. The minimum absolute atomic E-state index is 0.0395. The highest BCUT2D eigenvalue weighted by atomic mass is 19.1. The Balaban J connectivity index is 1.32. The zero-order valence-electron chi connectivity index (χ0n) is 26.2. The smallest absolute Gasteiger partial charge is 0.247 e. The number of hydrogen-bond acceptors (Lipinski definition) is 11. The zero-order valence-corrected chi connectivity index (χ0v) is 26.2. The van der Waals surface area contributed by atoms with E-state index in [1.807, 2.05) is 0 Å². The number of ether oxygens (including phenoxy) is 2. The summed E-state index contributed by atoms with van der Waals surface area (Å²) in [4.78, 5) is 30.2. The Kier molecular flexibility index (Phi) is 11.3. The van der Waals surface area contributed by atoms with Crippen molar-refractivity contribution in [2.45, 2.75) is 36.7 Å². The van der Waals surface area contributed by atoms with Crippen LogP contribution in [-0.4, -0.2) is 113 Å². The summed E-state index contributed by atoms with van der Waals surface area (Å²) >= 11 is 0. The third-order valence-electron chi connectivity index (χ3n) is 8.36. The number of aliphatic hydroxyl groups excluding tert-OH is 4. The number of nitrogens with two attached hydrogens (primary N) is 1. The van der Waals surface area contributed by atoms with Gasteiger partial charge in [0.05, 0.1) is 18.8 Å². The normalized spacial score (nSPS) is 23.0. The van der Waals surface area contributed by atoms with E-state index in [2.05, 4.69) is 10.6 Å². The van der Waals surface area contributed by atoms with E-state index in [1.165, 1.54) is 23.1 Å². The van der Waals surface area contributed by atoms with Crippen molar-refractivity contribution in [1.82, 2.24) is 10.2 Å². The van der Waals surface area contributed by atoms with Gasteiger partial charge in [0.2, 0.25) is 18.1 Å². The van der Waals surface area contributed by atoms with Crippen molar-refractivity contribution >= 4 is 29.0 Å². The molecule has 0 saturated carbocycles. The number of halogens is 2. The van der Waals surface area contributed by atoms with Crippen molar-refractivity contribution < 1.29 is 48.3 Å². The maximum atomic E-state index is 14.3. The van der Waals surface area contributed by atoms with Crippen LogP contribution in [-0.2, 0) is 14.3 Å². The van der Waals surface area contributed by atoms with E-state index in [9.17, 15) is 38.8 Å². The minimum atomic E-state index is -1.71. The van der Waals surface area contributed by atoms with E-state index < -0.39 is 66.8 Å². The molecule has 2 fully saturated rings. The second kappa shape index (κ2) is 15.6. The molecular formula is C33H38F2N6O8. The van der Waals surface area contributed by atoms with Gasteiger partial charge in [0.1, 0.15) is 53.7 Å². The number of nitrogen functional groups attached to an aromatic ring is 1. The number of nitrogens with zero attached hydrogens (tertiary/aromatic N) is 2. The van der Waals surface area contributed by atoms with E-state index in [4.69, 9.17) is 20.6 Å². The maximum absolute atomic E-state index is 14.3. The molecule has 2 aliphatic heterocycles. The Morgan fingerprint density at radius 3 is 2.41 bits per heavy atom. The monoisotopic (exact) mass is 684 g/mol. The average Bonchev–Trinajstić information content (AvgIpc) is 3.10. The van der Waals surface area contributed by atoms with Crippen LogP contribution in [0, 0.1) is 17.0 Å². The number of benzene rings is 3. The van der Waals surface area contributed by atoms with Gasteiger partial charge in [-0.25, -0.2) is 8.78 Å². The summed E-state index contributed by atoms with van der Waals surface area (Å²) in [5, 5.41) is 54.1. The fourth-order valence-corrected chi connectivity index (χ4v) is 5.65. The first-order valence-electron chi connectivity index (χ1n) is 15.5. The van der Waals surface area contributed by atoms with Crippen LogP contribution in [0.15, 0.2) is 66.7 Å². The third-order valence-corrected chi connectivity index (χ3v) is 8.36. The Morgan fingerprint density at radius 2 is 1.71 bits per heavy atom. The van der Waals surface area contributed by atoms with Gasteiger partial charge in [0, 0.05) is 49.1 Å². The van der Waals surface area contributed by atoms with E-state index in [0.717, 1.165) is 6.07 Å². The van der Waals surface area contributed by atoms with Crippen LogP contribution in [0.5, 0.6) is 5.75 Å². The van der Waals surface area contributed by atoms with Gasteiger partial charge in [-0.1, -0.05) is 30.3 Å². The lowest BCUT2D eigenvalue weighted by Gasteiger charge is -2.40.